The van der Waals surface area contributed by atoms with E-state index in [1.807, 2.05) is 6.92 Å². The van der Waals surface area contributed by atoms with E-state index >= 15 is 0 Å². The van der Waals surface area contributed by atoms with E-state index in [9.17, 15) is 9.59 Å². The highest BCUT2D eigenvalue weighted by Gasteiger charge is 2.06. The quantitative estimate of drug-likeness (QED) is 0.720. The Morgan fingerprint density at radius 2 is 2.06 bits per heavy atom. The lowest BCUT2D eigenvalue weighted by Gasteiger charge is -2.02. The van der Waals surface area contributed by atoms with Crippen LogP contribution in [0.3, 0.4) is 0 Å². The lowest BCUT2D eigenvalue weighted by molar-refractivity contribution is 0.0954. The van der Waals surface area contributed by atoms with Crippen LogP contribution in [0.1, 0.15) is 23.7 Å². The van der Waals surface area contributed by atoms with Crippen molar-refractivity contribution in [2.24, 2.45) is 0 Å². The van der Waals surface area contributed by atoms with Crippen LogP contribution in [0.4, 0.5) is 0 Å². The van der Waals surface area contributed by atoms with Gasteiger partial charge >= 0.3 is 5.69 Å². The van der Waals surface area contributed by atoms with Crippen LogP contribution < -0.4 is 11.0 Å². The van der Waals surface area contributed by atoms with E-state index in [2.05, 4.69) is 15.3 Å². The van der Waals surface area contributed by atoms with E-state index in [1.165, 1.54) is 0 Å². The molecule has 0 bridgehead atoms. The molecule has 1 aromatic heterocycles. The average Bonchev–Trinajstić information content (AvgIpc) is 2.64. The van der Waals surface area contributed by atoms with E-state index in [0.717, 1.165) is 6.42 Å². The van der Waals surface area contributed by atoms with Gasteiger partial charge in [0.1, 0.15) is 0 Å². The Morgan fingerprint density at radius 3 is 2.81 bits per heavy atom. The van der Waals surface area contributed by atoms with Gasteiger partial charge in [-0.05, 0) is 24.6 Å². The van der Waals surface area contributed by atoms with Gasteiger partial charge in [-0.2, -0.15) is 0 Å². The average molecular weight is 219 g/mol. The summed E-state index contributed by atoms with van der Waals surface area (Å²) < 4.78 is 0. The number of fused-ring (bicyclic) bond motifs is 1. The first-order valence-electron chi connectivity index (χ1n) is 5.21. The van der Waals surface area contributed by atoms with Gasteiger partial charge in [0.15, 0.2) is 0 Å². The van der Waals surface area contributed by atoms with Crippen molar-refractivity contribution >= 4 is 16.9 Å². The maximum atomic E-state index is 11.6. The van der Waals surface area contributed by atoms with Crippen LogP contribution in [0, 0.1) is 0 Å². The summed E-state index contributed by atoms with van der Waals surface area (Å²) in [4.78, 5) is 27.9. The van der Waals surface area contributed by atoms with Gasteiger partial charge in [0.2, 0.25) is 0 Å². The number of H-pyrrole nitrogens is 2. The zero-order valence-corrected chi connectivity index (χ0v) is 8.96. The first-order valence-corrected chi connectivity index (χ1v) is 5.21. The molecule has 0 spiro atoms. The third kappa shape index (κ3) is 1.98. The van der Waals surface area contributed by atoms with Crippen LogP contribution in [-0.4, -0.2) is 22.4 Å². The van der Waals surface area contributed by atoms with Crippen molar-refractivity contribution in [1.82, 2.24) is 15.3 Å². The highest BCUT2D eigenvalue weighted by molar-refractivity contribution is 5.97. The highest BCUT2D eigenvalue weighted by Crippen LogP contribution is 2.09. The van der Waals surface area contributed by atoms with Crippen molar-refractivity contribution in [2.45, 2.75) is 13.3 Å². The van der Waals surface area contributed by atoms with Crippen LogP contribution in [0.2, 0.25) is 0 Å². The second-order valence-corrected chi connectivity index (χ2v) is 3.60. The summed E-state index contributed by atoms with van der Waals surface area (Å²) in [5, 5.41) is 2.78. The molecule has 0 fully saturated rings. The normalized spacial score (nSPS) is 10.6. The number of amides is 1. The van der Waals surface area contributed by atoms with Gasteiger partial charge in [-0.15, -0.1) is 0 Å². The van der Waals surface area contributed by atoms with Crippen molar-refractivity contribution < 1.29 is 4.79 Å². The van der Waals surface area contributed by atoms with E-state index in [-0.39, 0.29) is 11.6 Å². The van der Waals surface area contributed by atoms with Gasteiger partial charge in [-0.25, -0.2) is 4.79 Å². The number of aromatic amines is 2. The number of aromatic nitrogens is 2. The fraction of sp³-hybridized carbons (Fsp3) is 0.273. The number of hydrogen-bond acceptors (Lipinski definition) is 2. The minimum absolute atomic E-state index is 0.120. The second-order valence-electron chi connectivity index (χ2n) is 3.60. The molecule has 0 unspecified atom stereocenters. The number of hydrogen-bond donors (Lipinski definition) is 3. The Kier molecular flexibility index (Phi) is 2.76. The fourth-order valence-electron chi connectivity index (χ4n) is 1.51. The minimum Gasteiger partial charge on any atom is -0.352 e. The first kappa shape index (κ1) is 10.5. The van der Waals surface area contributed by atoms with Crippen molar-refractivity contribution in [2.75, 3.05) is 6.54 Å². The maximum absolute atomic E-state index is 11.6. The Balaban J connectivity index is 2.31. The molecule has 1 amide bonds. The number of benzene rings is 1. The molecular formula is C11H13N3O2. The van der Waals surface area contributed by atoms with E-state index in [4.69, 9.17) is 0 Å². The maximum Gasteiger partial charge on any atom is 0.323 e. The predicted molar refractivity (Wildman–Crippen MR) is 61.5 cm³/mol. The molecular weight excluding hydrogens is 206 g/mol. The fourth-order valence-corrected chi connectivity index (χ4v) is 1.51. The van der Waals surface area contributed by atoms with Crippen LogP contribution in [0.5, 0.6) is 0 Å². The zero-order chi connectivity index (χ0) is 11.5. The standard InChI is InChI=1S/C11H13N3O2/c1-2-5-12-10(15)7-3-4-8-9(6-7)14-11(16)13-8/h3-4,6H,2,5H2,1H3,(H,12,15)(H2,13,14,16). The summed E-state index contributed by atoms with van der Waals surface area (Å²) >= 11 is 0. The Morgan fingerprint density at radius 1 is 1.31 bits per heavy atom. The molecule has 2 rings (SSSR count). The first-order chi connectivity index (χ1) is 7.70. The smallest absolute Gasteiger partial charge is 0.323 e. The van der Waals surface area contributed by atoms with Gasteiger partial charge < -0.3 is 15.3 Å². The third-order valence-corrected chi connectivity index (χ3v) is 2.31. The van der Waals surface area contributed by atoms with Crippen LogP contribution in [0.15, 0.2) is 23.0 Å². The molecule has 0 atom stereocenters. The molecule has 1 heterocycles. The SMILES string of the molecule is CCCNC(=O)c1ccc2[nH]c(=O)[nH]c2c1. The summed E-state index contributed by atoms with van der Waals surface area (Å²) in [5.74, 6) is -0.120. The molecule has 0 aliphatic rings. The summed E-state index contributed by atoms with van der Waals surface area (Å²) in [6.45, 7) is 2.65. The molecule has 0 aliphatic carbocycles. The summed E-state index contributed by atoms with van der Waals surface area (Å²) in [5.41, 5.74) is 1.64. The monoisotopic (exact) mass is 219 g/mol. The van der Waals surface area contributed by atoms with E-state index in [1.54, 1.807) is 18.2 Å². The molecule has 0 aliphatic heterocycles. The lowest BCUT2D eigenvalue weighted by Crippen LogP contribution is -2.23. The van der Waals surface area contributed by atoms with E-state index < -0.39 is 0 Å². The Hall–Kier alpha value is -2.04. The molecule has 0 saturated carbocycles. The molecule has 1 aromatic carbocycles. The van der Waals surface area contributed by atoms with Gasteiger partial charge in [0.05, 0.1) is 11.0 Å². The number of carbonyl (C=O) groups is 1. The number of rotatable bonds is 3. The molecule has 2 aromatic rings. The lowest BCUT2D eigenvalue weighted by atomic mass is 10.2. The Bertz CT molecular complexity index is 568. The minimum atomic E-state index is -0.263. The third-order valence-electron chi connectivity index (χ3n) is 2.31. The highest BCUT2D eigenvalue weighted by atomic mass is 16.1. The molecule has 84 valence electrons. The summed E-state index contributed by atoms with van der Waals surface area (Å²) in [6, 6.07) is 5.07. The molecule has 5 nitrogen and oxygen atoms in total. The van der Waals surface area contributed by atoms with Gasteiger partial charge in [0.25, 0.3) is 5.91 Å². The van der Waals surface area contributed by atoms with Gasteiger partial charge in [0, 0.05) is 12.1 Å². The Labute approximate surface area is 91.9 Å². The number of carbonyl (C=O) groups excluding carboxylic acids is 1. The van der Waals surface area contributed by atoms with Crippen LogP contribution in [0.25, 0.3) is 11.0 Å². The van der Waals surface area contributed by atoms with Crippen molar-refractivity contribution in [3.63, 3.8) is 0 Å². The summed E-state index contributed by atoms with van der Waals surface area (Å²) in [7, 11) is 0. The number of nitrogens with one attached hydrogen (secondary N) is 3. The number of imidazole rings is 1. The van der Waals surface area contributed by atoms with Crippen LogP contribution >= 0.6 is 0 Å². The second kappa shape index (κ2) is 4.22. The summed E-state index contributed by atoms with van der Waals surface area (Å²) in [6.07, 6.45) is 0.898. The molecule has 0 saturated heterocycles. The predicted octanol–water partition coefficient (Wildman–Crippen LogP) is 0.996. The van der Waals surface area contributed by atoms with Crippen LogP contribution in [-0.2, 0) is 0 Å². The van der Waals surface area contributed by atoms with Gasteiger partial charge in [-0.3, -0.25) is 4.79 Å². The molecule has 5 heteroatoms. The molecule has 16 heavy (non-hydrogen) atoms. The van der Waals surface area contributed by atoms with Crippen molar-refractivity contribution in [3.8, 4) is 0 Å². The van der Waals surface area contributed by atoms with Gasteiger partial charge in [-0.1, -0.05) is 6.92 Å². The molecule has 0 radical (unpaired) electrons. The molecule has 3 N–H and O–H groups in total. The van der Waals surface area contributed by atoms with Crippen molar-refractivity contribution in [1.29, 1.82) is 0 Å². The largest absolute Gasteiger partial charge is 0.352 e. The zero-order valence-electron chi connectivity index (χ0n) is 8.96. The topological polar surface area (TPSA) is 77.8 Å². The van der Waals surface area contributed by atoms with Crippen molar-refractivity contribution in [3.05, 3.63) is 34.2 Å². The van der Waals surface area contributed by atoms with E-state index in [0.29, 0.717) is 23.1 Å².